The Labute approximate surface area is 249 Å². The van der Waals surface area contributed by atoms with E-state index in [9.17, 15) is 4.79 Å². The topological polar surface area (TPSA) is 56.8 Å². The lowest BCUT2D eigenvalue weighted by Gasteiger charge is -2.53. The second-order valence-corrected chi connectivity index (χ2v) is 19.1. The van der Waals surface area contributed by atoms with Crippen LogP contribution in [0.3, 0.4) is 0 Å². The molecule has 1 fully saturated rings. The van der Waals surface area contributed by atoms with Crippen LogP contribution in [-0.4, -0.2) is 40.6 Å². The van der Waals surface area contributed by atoms with Crippen LogP contribution in [0.15, 0.2) is 48.5 Å². The normalized spacial score (nSPS) is 25.1. The molecule has 41 heavy (non-hydrogen) atoms. The van der Waals surface area contributed by atoms with Crippen LogP contribution < -0.4 is 10.1 Å². The molecule has 2 aromatic carbocycles. The summed E-state index contributed by atoms with van der Waals surface area (Å²) in [6, 6.07) is 16.9. The first kappa shape index (κ1) is 31.8. The van der Waals surface area contributed by atoms with E-state index in [1.54, 1.807) is 0 Å². The first-order chi connectivity index (χ1) is 19.3. The fourth-order valence-electron chi connectivity index (χ4n) is 6.87. The fourth-order valence-corrected chi connectivity index (χ4v) is 7.93. The standard InChI is InChI=1S/C35H53NO4Si/c1-25(33(37)38-6)36-24-35(5)20-18-30-29-17-15-28(39-23-26-12-10-9-11-13-26)22-27(29)14-16-31(30)32(35)19-21-40-41(7,8)34(2,3)4/h9-13,15,17,22,25,30-32,36H,14,16,18-21,23-24H2,1-8H3/t25-,30+,31+,32-,35+/m0/s1. The molecule has 4 rings (SSSR count). The van der Waals surface area contributed by atoms with E-state index in [0.29, 0.717) is 24.4 Å². The van der Waals surface area contributed by atoms with Gasteiger partial charge in [0.2, 0.25) is 0 Å². The van der Waals surface area contributed by atoms with Crippen LogP contribution >= 0.6 is 0 Å². The number of hydrogen-bond acceptors (Lipinski definition) is 5. The van der Waals surface area contributed by atoms with Crippen LogP contribution in [-0.2, 0) is 27.0 Å². The van der Waals surface area contributed by atoms with Crippen LogP contribution in [0.5, 0.6) is 5.75 Å². The van der Waals surface area contributed by atoms with Crippen LogP contribution in [0.25, 0.3) is 0 Å². The molecule has 5 atom stereocenters. The van der Waals surface area contributed by atoms with Crippen molar-refractivity contribution >= 4 is 14.3 Å². The van der Waals surface area contributed by atoms with E-state index in [1.807, 2.05) is 13.0 Å². The number of carbonyl (C=O) groups excluding carboxylic acids is 1. The van der Waals surface area contributed by atoms with Gasteiger partial charge in [-0.2, -0.15) is 0 Å². The van der Waals surface area contributed by atoms with Gasteiger partial charge in [-0.05, 0) is 109 Å². The maximum atomic E-state index is 12.2. The third kappa shape index (κ3) is 7.44. The van der Waals surface area contributed by atoms with E-state index < -0.39 is 8.32 Å². The molecule has 0 unspecified atom stereocenters. The summed E-state index contributed by atoms with van der Waals surface area (Å²) in [7, 11) is -0.358. The van der Waals surface area contributed by atoms with Gasteiger partial charge >= 0.3 is 5.97 Å². The number of methoxy groups -OCH3 is 1. The number of nitrogens with one attached hydrogen (secondary N) is 1. The predicted octanol–water partition coefficient (Wildman–Crippen LogP) is 7.89. The number of ether oxygens (including phenoxy) is 2. The highest BCUT2D eigenvalue weighted by Crippen LogP contribution is 2.56. The van der Waals surface area contributed by atoms with E-state index in [0.717, 1.165) is 38.2 Å². The molecule has 0 radical (unpaired) electrons. The summed E-state index contributed by atoms with van der Waals surface area (Å²) < 4.78 is 17.9. The second kappa shape index (κ2) is 13.0. The van der Waals surface area contributed by atoms with Gasteiger partial charge in [-0.15, -0.1) is 0 Å². The molecule has 226 valence electrons. The number of benzene rings is 2. The number of esters is 1. The molecule has 0 aromatic heterocycles. The second-order valence-electron chi connectivity index (χ2n) is 14.3. The Morgan fingerprint density at radius 1 is 1.12 bits per heavy atom. The highest BCUT2D eigenvalue weighted by atomic mass is 28.4. The summed E-state index contributed by atoms with van der Waals surface area (Å²) in [4.78, 5) is 12.2. The molecular formula is C35H53NO4Si. The molecule has 2 aliphatic carbocycles. The molecule has 2 aliphatic rings. The lowest BCUT2D eigenvalue weighted by Crippen LogP contribution is -2.51. The van der Waals surface area contributed by atoms with Crippen molar-refractivity contribution in [1.82, 2.24) is 5.32 Å². The zero-order valence-corrected chi connectivity index (χ0v) is 27.7. The molecule has 0 bridgehead atoms. The summed E-state index contributed by atoms with van der Waals surface area (Å²) in [5, 5.41) is 3.73. The van der Waals surface area contributed by atoms with E-state index in [-0.39, 0.29) is 22.5 Å². The van der Waals surface area contributed by atoms with Gasteiger partial charge in [0.25, 0.3) is 0 Å². The minimum absolute atomic E-state index is 0.0937. The molecule has 1 saturated carbocycles. The van der Waals surface area contributed by atoms with E-state index in [4.69, 9.17) is 13.9 Å². The summed E-state index contributed by atoms with van der Waals surface area (Å²) >= 11 is 0. The average Bonchev–Trinajstić information content (AvgIpc) is 2.95. The zero-order chi connectivity index (χ0) is 29.8. The Hall–Kier alpha value is -2.15. The smallest absolute Gasteiger partial charge is 0.322 e. The number of fused-ring (bicyclic) bond motifs is 3. The van der Waals surface area contributed by atoms with Gasteiger partial charge in [0.15, 0.2) is 8.32 Å². The maximum absolute atomic E-state index is 12.2. The summed E-state index contributed by atoms with van der Waals surface area (Å²) in [5.41, 5.74) is 4.25. The minimum atomic E-state index is -1.82. The summed E-state index contributed by atoms with van der Waals surface area (Å²) in [5.74, 6) is 2.45. The molecule has 0 amide bonds. The maximum Gasteiger partial charge on any atom is 0.322 e. The molecule has 1 N–H and O–H groups in total. The third-order valence-corrected chi connectivity index (χ3v) is 15.1. The highest BCUT2D eigenvalue weighted by molar-refractivity contribution is 6.74. The van der Waals surface area contributed by atoms with Crippen LogP contribution in [0, 0.1) is 17.3 Å². The van der Waals surface area contributed by atoms with E-state index in [2.05, 4.69) is 88.6 Å². The van der Waals surface area contributed by atoms with Crippen molar-refractivity contribution in [2.45, 2.75) is 103 Å². The van der Waals surface area contributed by atoms with Crippen molar-refractivity contribution in [3.05, 3.63) is 65.2 Å². The van der Waals surface area contributed by atoms with Crippen molar-refractivity contribution in [3.8, 4) is 5.75 Å². The van der Waals surface area contributed by atoms with Crippen molar-refractivity contribution in [2.24, 2.45) is 17.3 Å². The highest BCUT2D eigenvalue weighted by Gasteiger charge is 2.48. The van der Waals surface area contributed by atoms with Crippen LogP contribution in [0.1, 0.15) is 82.9 Å². The molecule has 6 heteroatoms. The number of aryl methyl sites for hydroxylation is 1. The molecule has 0 saturated heterocycles. The lowest BCUT2D eigenvalue weighted by molar-refractivity contribution is -0.142. The Morgan fingerprint density at radius 2 is 1.85 bits per heavy atom. The molecular weight excluding hydrogens is 526 g/mol. The average molecular weight is 580 g/mol. The molecule has 2 aromatic rings. The Morgan fingerprint density at radius 3 is 2.54 bits per heavy atom. The first-order valence-corrected chi connectivity index (χ1v) is 18.5. The lowest BCUT2D eigenvalue weighted by atomic mass is 9.54. The van der Waals surface area contributed by atoms with Crippen molar-refractivity contribution in [1.29, 1.82) is 0 Å². The Bertz CT molecular complexity index is 1160. The molecule has 0 heterocycles. The number of carbonyl (C=O) groups is 1. The van der Waals surface area contributed by atoms with Crippen LogP contribution in [0.2, 0.25) is 18.1 Å². The van der Waals surface area contributed by atoms with Gasteiger partial charge in [-0.3, -0.25) is 4.79 Å². The van der Waals surface area contributed by atoms with E-state index >= 15 is 0 Å². The van der Waals surface area contributed by atoms with Crippen LogP contribution in [0.4, 0.5) is 0 Å². The van der Waals surface area contributed by atoms with E-state index in [1.165, 1.54) is 36.6 Å². The number of hydrogen-bond donors (Lipinski definition) is 1. The molecule has 5 nitrogen and oxygen atoms in total. The predicted molar refractivity (Wildman–Crippen MR) is 170 cm³/mol. The van der Waals surface area contributed by atoms with Crippen molar-refractivity contribution < 1.29 is 18.7 Å². The van der Waals surface area contributed by atoms with Gasteiger partial charge in [-0.1, -0.05) is 64.1 Å². The number of rotatable bonds is 11. The Kier molecular flexibility index (Phi) is 10.1. The first-order valence-electron chi connectivity index (χ1n) is 15.6. The van der Waals surface area contributed by atoms with Gasteiger partial charge in [-0.25, -0.2) is 0 Å². The summed E-state index contributed by atoms with van der Waals surface area (Å²) in [6.07, 6.45) is 5.64. The summed E-state index contributed by atoms with van der Waals surface area (Å²) in [6.45, 7) is 18.2. The van der Waals surface area contributed by atoms with Crippen molar-refractivity contribution in [2.75, 3.05) is 20.3 Å². The largest absolute Gasteiger partial charge is 0.489 e. The molecule has 0 aliphatic heterocycles. The monoisotopic (exact) mass is 579 g/mol. The van der Waals surface area contributed by atoms with Gasteiger partial charge in [0.05, 0.1) is 7.11 Å². The van der Waals surface area contributed by atoms with Crippen molar-refractivity contribution in [3.63, 3.8) is 0 Å². The quantitative estimate of drug-likeness (QED) is 0.217. The molecule has 0 spiro atoms. The van der Waals surface area contributed by atoms with Gasteiger partial charge in [0.1, 0.15) is 18.4 Å². The minimum Gasteiger partial charge on any atom is -0.489 e. The SMILES string of the molecule is COC(=O)[C@H](C)NC[C@@]1(C)CC[C@@H]2c3ccc(OCc4ccccc4)cc3CC[C@H]2[C@@H]1CCO[Si](C)(C)C(C)(C)C. The third-order valence-electron chi connectivity index (χ3n) is 10.5. The fraction of sp³-hybridized carbons (Fsp3) is 0.629. The van der Waals surface area contributed by atoms with Gasteiger partial charge in [0, 0.05) is 13.2 Å². The Balaban J connectivity index is 1.51. The zero-order valence-electron chi connectivity index (χ0n) is 26.7. The van der Waals surface area contributed by atoms with Gasteiger partial charge < -0.3 is 19.2 Å².